The number of aryl methyl sites for hydroxylation is 1. The van der Waals surface area contributed by atoms with Gasteiger partial charge in [-0.1, -0.05) is 6.07 Å². The van der Waals surface area contributed by atoms with Gasteiger partial charge in [-0.05, 0) is 50.3 Å². The van der Waals surface area contributed by atoms with E-state index in [-0.39, 0.29) is 11.9 Å². The number of ether oxygens (including phenoxy) is 1. The average Bonchev–Trinajstić information content (AvgIpc) is 3.37. The zero-order chi connectivity index (χ0) is 18.5. The van der Waals surface area contributed by atoms with E-state index in [1.165, 1.54) is 23.8 Å². The molecule has 1 heterocycles. The Balaban J connectivity index is 1.54. The van der Waals surface area contributed by atoms with Crippen LogP contribution < -0.4 is 15.4 Å². The summed E-state index contributed by atoms with van der Waals surface area (Å²) >= 11 is 1.65. The fraction of sp³-hybridized carbons (Fsp3) is 0.474. The first kappa shape index (κ1) is 18.6. The van der Waals surface area contributed by atoms with Crippen LogP contribution in [0.3, 0.4) is 0 Å². The number of guanidine groups is 1. The summed E-state index contributed by atoms with van der Waals surface area (Å²) in [4.78, 5) is 9.73. The number of halogens is 1. The van der Waals surface area contributed by atoms with E-state index in [0.717, 1.165) is 10.6 Å². The molecule has 7 heteroatoms. The number of nitrogens with one attached hydrogen (secondary N) is 2. The number of aliphatic imine (C=N–C) groups is 1. The van der Waals surface area contributed by atoms with Crippen LogP contribution >= 0.6 is 11.3 Å². The summed E-state index contributed by atoms with van der Waals surface area (Å²) in [5.74, 6) is 1.26. The van der Waals surface area contributed by atoms with Crippen molar-refractivity contribution in [3.63, 3.8) is 0 Å². The summed E-state index contributed by atoms with van der Waals surface area (Å²) in [6.07, 6.45) is 4.23. The van der Waals surface area contributed by atoms with E-state index in [2.05, 4.69) is 20.6 Å². The standard InChI is InChI=1S/C19H25FN4OS/c1-12-9-22-18(26-12)10-23-19(21-3)24-13(2)15-6-7-17(16(20)8-15)25-11-14-4-5-14/h6-9,13-14H,4-5,10-11H2,1-3H3,(H2,21,23,24). The molecule has 1 atom stereocenters. The minimum atomic E-state index is -0.321. The van der Waals surface area contributed by atoms with Gasteiger partial charge in [0, 0.05) is 18.1 Å². The Bertz CT molecular complexity index is 773. The minimum Gasteiger partial charge on any atom is -0.490 e. The minimum absolute atomic E-state index is 0.0915. The van der Waals surface area contributed by atoms with Crippen molar-refractivity contribution in [1.82, 2.24) is 15.6 Å². The molecule has 1 aliphatic rings. The summed E-state index contributed by atoms with van der Waals surface area (Å²) in [6, 6.07) is 5.03. The molecule has 0 spiro atoms. The lowest BCUT2D eigenvalue weighted by molar-refractivity contribution is 0.285. The Morgan fingerprint density at radius 2 is 2.27 bits per heavy atom. The highest BCUT2D eigenvalue weighted by Gasteiger charge is 2.22. The van der Waals surface area contributed by atoms with Gasteiger partial charge < -0.3 is 15.4 Å². The van der Waals surface area contributed by atoms with E-state index in [1.54, 1.807) is 24.5 Å². The Kier molecular flexibility index (Phi) is 6.08. The Morgan fingerprint density at radius 3 is 2.88 bits per heavy atom. The van der Waals surface area contributed by atoms with Crippen LogP contribution in [-0.2, 0) is 6.54 Å². The molecule has 5 nitrogen and oxygen atoms in total. The van der Waals surface area contributed by atoms with Gasteiger partial charge in [0.05, 0.1) is 19.2 Å². The molecule has 0 radical (unpaired) electrons. The second kappa shape index (κ2) is 8.49. The van der Waals surface area contributed by atoms with Gasteiger partial charge >= 0.3 is 0 Å². The monoisotopic (exact) mass is 376 g/mol. The van der Waals surface area contributed by atoms with Gasteiger partial charge in [-0.15, -0.1) is 11.3 Å². The van der Waals surface area contributed by atoms with Crippen molar-refractivity contribution in [3.05, 3.63) is 45.7 Å². The number of rotatable bonds is 7. The van der Waals surface area contributed by atoms with Crippen molar-refractivity contribution in [1.29, 1.82) is 0 Å². The van der Waals surface area contributed by atoms with Crippen LogP contribution in [0.2, 0.25) is 0 Å². The van der Waals surface area contributed by atoms with Crippen LogP contribution in [0.4, 0.5) is 4.39 Å². The highest BCUT2D eigenvalue weighted by atomic mass is 32.1. The van der Waals surface area contributed by atoms with Crippen molar-refractivity contribution < 1.29 is 9.13 Å². The van der Waals surface area contributed by atoms with Crippen LogP contribution in [0.5, 0.6) is 5.75 Å². The maximum absolute atomic E-state index is 14.3. The summed E-state index contributed by atoms with van der Waals surface area (Å²) in [5.41, 5.74) is 0.842. The third-order valence-corrected chi connectivity index (χ3v) is 5.19. The van der Waals surface area contributed by atoms with Crippen molar-refractivity contribution in [2.24, 2.45) is 10.9 Å². The van der Waals surface area contributed by atoms with Crippen molar-refractivity contribution in [3.8, 4) is 5.75 Å². The van der Waals surface area contributed by atoms with Crippen LogP contribution in [0, 0.1) is 18.7 Å². The lowest BCUT2D eigenvalue weighted by atomic mass is 10.1. The van der Waals surface area contributed by atoms with Crippen molar-refractivity contribution in [2.45, 2.75) is 39.3 Å². The second-order valence-electron chi connectivity index (χ2n) is 6.60. The molecule has 26 heavy (non-hydrogen) atoms. The van der Waals surface area contributed by atoms with Gasteiger partial charge in [-0.25, -0.2) is 9.37 Å². The zero-order valence-corrected chi connectivity index (χ0v) is 16.2. The van der Waals surface area contributed by atoms with E-state index in [1.807, 2.05) is 26.1 Å². The molecule has 0 saturated heterocycles. The van der Waals surface area contributed by atoms with Gasteiger partial charge in [0.25, 0.3) is 0 Å². The van der Waals surface area contributed by atoms with Crippen molar-refractivity contribution >= 4 is 17.3 Å². The molecular formula is C19H25FN4OS. The highest BCUT2D eigenvalue weighted by molar-refractivity contribution is 7.11. The Labute approximate surface area is 157 Å². The second-order valence-corrected chi connectivity index (χ2v) is 7.92. The van der Waals surface area contributed by atoms with Crippen LogP contribution in [0.1, 0.15) is 41.3 Å². The zero-order valence-electron chi connectivity index (χ0n) is 15.4. The molecule has 1 aromatic heterocycles. The number of thiazole rings is 1. The molecule has 1 saturated carbocycles. The number of benzene rings is 1. The van der Waals surface area contributed by atoms with Gasteiger partial charge in [0.15, 0.2) is 17.5 Å². The van der Waals surface area contributed by atoms with Gasteiger partial charge in [-0.3, -0.25) is 4.99 Å². The SMILES string of the molecule is CN=C(NCc1ncc(C)s1)NC(C)c1ccc(OCC2CC2)c(F)c1. The Morgan fingerprint density at radius 1 is 1.46 bits per heavy atom. The average molecular weight is 377 g/mol. The molecule has 140 valence electrons. The highest BCUT2D eigenvalue weighted by Crippen LogP contribution is 2.30. The molecule has 3 rings (SSSR count). The molecule has 0 aliphatic heterocycles. The first-order chi connectivity index (χ1) is 12.5. The molecular weight excluding hydrogens is 351 g/mol. The van der Waals surface area contributed by atoms with Crippen LogP contribution in [0.15, 0.2) is 29.4 Å². The summed E-state index contributed by atoms with van der Waals surface area (Å²) in [7, 11) is 1.71. The topological polar surface area (TPSA) is 58.5 Å². The lowest BCUT2D eigenvalue weighted by Gasteiger charge is -2.18. The largest absolute Gasteiger partial charge is 0.490 e. The molecule has 2 aromatic rings. The number of hydrogen-bond acceptors (Lipinski definition) is 4. The maximum Gasteiger partial charge on any atom is 0.191 e. The molecule has 1 aliphatic carbocycles. The van der Waals surface area contributed by atoms with Crippen molar-refractivity contribution in [2.75, 3.05) is 13.7 Å². The maximum atomic E-state index is 14.3. The molecule has 0 bridgehead atoms. The van der Waals surface area contributed by atoms with Crippen LogP contribution in [-0.4, -0.2) is 24.6 Å². The summed E-state index contributed by atoms with van der Waals surface area (Å²) in [5, 5.41) is 7.51. The molecule has 0 amide bonds. The smallest absolute Gasteiger partial charge is 0.191 e. The predicted molar refractivity (Wildman–Crippen MR) is 103 cm³/mol. The van der Waals surface area contributed by atoms with E-state index < -0.39 is 0 Å². The van der Waals surface area contributed by atoms with E-state index >= 15 is 0 Å². The number of aromatic nitrogens is 1. The molecule has 1 aromatic carbocycles. The lowest BCUT2D eigenvalue weighted by Crippen LogP contribution is -2.38. The van der Waals surface area contributed by atoms with E-state index in [4.69, 9.17) is 4.74 Å². The third-order valence-electron chi connectivity index (χ3n) is 4.28. The van der Waals surface area contributed by atoms with Gasteiger partial charge in [0.1, 0.15) is 5.01 Å². The first-order valence-electron chi connectivity index (χ1n) is 8.86. The molecule has 1 unspecified atom stereocenters. The summed E-state index contributed by atoms with van der Waals surface area (Å²) < 4.78 is 19.8. The normalized spacial score (nSPS) is 15.6. The number of hydrogen-bond donors (Lipinski definition) is 2. The fourth-order valence-corrected chi connectivity index (χ4v) is 3.25. The van der Waals surface area contributed by atoms with Gasteiger partial charge in [-0.2, -0.15) is 0 Å². The first-order valence-corrected chi connectivity index (χ1v) is 9.67. The fourth-order valence-electron chi connectivity index (χ4n) is 2.52. The number of nitrogens with zero attached hydrogens (tertiary/aromatic N) is 2. The molecule has 2 N–H and O–H groups in total. The van der Waals surface area contributed by atoms with E-state index in [0.29, 0.717) is 30.8 Å². The molecule has 1 fully saturated rings. The third kappa shape index (κ3) is 5.17. The quantitative estimate of drug-likeness (QED) is 0.570. The van der Waals surface area contributed by atoms with Crippen LogP contribution in [0.25, 0.3) is 0 Å². The Hall–Kier alpha value is -2.15. The van der Waals surface area contributed by atoms with E-state index in [9.17, 15) is 4.39 Å². The van der Waals surface area contributed by atoms with Gasteiger partial charge in [0.2, 0.25) is 0 Å². The summed E-state index contributed by atoms with van der Waals surface area (Å²) in [6.45, 7) is 5.22. The predicted octanol–water partition coefficient (Wildman–Crippen LogP) is 3.81.